The molecule has 120 valence electrons. The van der Waals surface area contributed by atoms with Crippen LogP contribution >= 0.6 is 0 Å². The fourth-order valence-corrected chi connectivity index (χ4v) is 3.82. The van der Waals surface area contributed by atoms with Gasteiger partial charge in [0.25, 0.3) is 0 Å². The molecule has 1 amide bonds. The first-order valence-electron chi connectivity index (χ1n) is 7.84. The highest BCUT2D eigenvalue weighted by Crippen LogP contribution is 2.41. The lowest BCUT2D eigenvalue weighted by Crippen LogP contribution is -2.31. The Kier molecular flexibility index (Phi) is 3.17. The van der Waals surface area contributed by atoms with E-state index in [0.29, 0.717) is 5.92 Å². The maximum absolute atomic E-state index is 10.9. The molecule has 0 radical (unpaired) electrons. The molecule has 0 aromatic carbocycles. The summed E-state index contributed by atoms with van der Waals surface area (Å²) in [4.78, 5) is 18.4. The zero-order chi connectivity index (χ0) is 16.0. The van der Waals surface area contributed by atoms with E-state index in [-0.39, 0.29) is 12.0 Å². The van der Waals surface area contributed by atoms with Gasteiger partial charge in [0.2, 0.25) is 0 Å². The first kappa shape index (κ1) is 14.0. The van der Waals surface area contributed by atoms with Gasteiger partial charge in [-0.15, -0.1) is 10.2 Å². The zero-order valence-electron chi connectivity index (χ0n) is 12.7. The van der Waals surface area contributed by atoms with Gasteiger partial charge in [0, 0.05) is 18.2 Å². The van der Waals surface area contributed by atoms with Crippen LogP contribution in [0.5, 0.6) is 0 Å². The fourth-order valence-electron chi connectivity index (χ4n) is 3.82. The summed E-state index contributed by atoms with van der Waals surface area (Å²) in [6, 6.07) is 1.93. The molecule has 0 saturated heterocycles. The quantitative estimate of drug-likeness (QED) is 0.686. The number of rotatable bonds is 3. The Bertz CT molecular complexity index is 869. The molecule has 1 fully saturated rings. The maximum Gasteiger partial charge on any atom is 0.404 e. The van der Waals surface area contributed by atoms with Crippen LogP contribution in [-0.4, -0.2) is 41.8 Å². The summed E-state index contributed by atoms with van der Waals surface area (Å²) >= 11 is 0. The van der Waals surface area contributed by atoms with Gasteiger partial charge in [-0.2, -0.15) is 0 Å². The second kappa shape index (κ2) is 5.22. The van der Waals surface area contributed by atoms with E-state index >= 15 is 0 Å². The summed E-state index contributed by atoms with van der Waals surface area (Å²) in [5.74, 6) is 1.47. The van der Waals surface area contributed by atoms with Crippen LogP contribution in [0.1, 0.15) is 37.9 Å². The van der Waals surface area contributed by atoms with Crippen LogP contribution in [0.25, 0.3) is 16.8 Å². The molecule has 3 atom stereocenters. The van der Waals surface area contributed by atoms with Crippen LogP contribution < -0.4 is 5.32 Å². The van der Waals surface area contributed by atoms with Crippen LogP contribution in [0.4, 0.5) is 4.79 Å². The van der Waals surface area contributed by atoms with Gasteiger partial charge < -0.3 is 15.4 Å². The predicted molar refractivity (Wildman–Crippen MR) is 83.3 cm³/mol. The molecule has 0 bridgehead atoms. The molecule has 1 saturated carbocycles. The van der Waals surface area contributed by atoms with Gasteiger partial charge in [-0.25, -0.2) is 9.78 Å². The number of nitrogens with zero attached hydrogens (tertiary/aromatic N) is 4. The number of hydrogen-bond acceptors (Lipinski definition) is 4. The van der Waals surface area contributed by atoms with Crippen LogP contribution in [0, 0.1) is 5.92 Å². The number of carboxylic acid groups (broad SMARTS) is 1. The summed E-state index contributed by atoms with van der Waals surface area (Å²) in [5, 5.41) is 20.2. The van der Waals surface area contributed by atoms with E-state index in [1.54, 1.807) is 6.20 Å². The van der Waals surface area contributed by atoms with Crippen LogP contribution in [0.15, 0.2) is 18.5 Å². The molecular weight excluding hydrogens is 296 g/mol. The summed E-state index contributed by atoms with van der Waals surface area (Å²) in [6.07, 6.45) is 5.16. The predicted octanol–water partition coefficient (Wildman–Crippen LogP) is 2.15. The van der Waals surface area contributed by atoms with Gasteiger partial charge in [0.05, 0.1) is 11.7 Å². The zero-order valence-corrected chi connectivity index (χ0v) is 12.7. The molecule has 1 aliphatic rings. The largest absolute Gasteiger partial charge is 0.465 e. The van der Waals surface area contributed by atoms with Crippen LogP contribution in [0.2, 0.25) is 0 Å². The molecule has 3 heterocycles. The highest BCUT2D eigenvalue weighted by Gasteiger charge is 2.37. The topological polar surface area (TPSA) is 108 Å². The van der Waals surface area contributed by atoms with Crippen LogP contribution in [-0.2, 0) is 0 Å². The highest BCUT2D eigenvalue weighted by atomic mass is 16.4. The van der Waals surface area contributed by atoms with Gasteiger partial charge in [0.15, 0.2) is 11.3 Å². The summed E-state index contributed by atoms with van der Waals surface area (Å²) in [7, 11) is 0. The first-order valence-corrected chi connectivity index (χ1v) is 7.84. The number of fused-ring (bicyclic) bond motifs is 3. The monoisotopic (exact) mass is 314 g/mol. The Morgan fingerprint density at radius 1 is 1.48 bits per heavy atom. The Morgan fingerprint density at radius 3 is 3.13 bits per heavy atom. The standard InChI is InChI=1S/C15H18N6O2/c1-2-8-5-9(18-15(22)23)6-10(8)14-20-19-12-7-17-13-11(21(12)14)3-4-16-13/h3-4,7-10,16,18H,2,5-6H2,1H3,(H,22,23)/t8-,9+,10+/m1/s1. The lowest BCUT2D eigenvalue weighted by atomic mass is 9.93. The average molecular weight is 314 g/mol. The van der Waals surface area contributed by atoms with E-state index in [0.717, 1.165) is 41.9 Å². The molecule has 23 heavy (non-hydrogen) atoms. The lowest BCUT2D eigenvalue weighted by Gasteiger charge is -2.15. The highest BCUT2D eigenvalue weighted by molar-refractivity contribution is 5.74. The number of hydrogen-bond donors (Lipinski definition) is 3. The van der Waals surface area contributed by atoms with Gasteiger partial charge in [-0.05, 0) is 24.8 Å². The number of carbonyl (C=O) groups is 1. The third-order valence-electron chi connectivity index (χ3n) is 4.85. The van der Waals surface area contributed by atoms with Gasteiger partial charge in [0.1, 0.15) is 5.82 Å². The van der Waals surface area contributed by atoms with E-state index in [2.05, 4.69) is 32.4 Å². The Balaban J connectivity index is 1.78. The van der Waals surface area contributed by atoms with Gasteiger partial charge in [-0.1, -0.05) is 13.3 Å². The molecule has 0 spiro atoms. The molecule has 8 nitrogen and oxygen atoms in total. The fraction of sp³-hybridized carbons (Fsp3) is 0.467. The van der Waals surface area contributed by atoms with Crippen molar-refractivity contribution in [3.63, 3.8) is 0 Å². The number of aromatic amines is 1. The maximum atomic E-state index is 10.9. The van der Waals surface area contributed by atoms with Crippen molar-refractivity contribution in [3.05, 3.63) is 24.3 Å². The minimum Gasteiger partial charge on any atom is -0.465 e. The summed E-state index contributed by atoms with van der Waals surface area (Å²) < 4.78 is 2.04. The molecule has 8 heteroatoms. The SMILES string of the molecule is CC[C@@H]1C[C@H](NC(=O)O)C[C@@H]1c1nnc2cnc3[nH]ccc3n12. The smallest absolute Gasteiger partial charge is 0.404 e. The second-order valence-corrected chi connectivity index (χ2v) is 6.11. The van der Waals surface area contributed by atoms with E-state index < -0.39 is 6.09 Å². The summed E-state index contributed by atoms with van der Waals surface area (Å²) in [5.41, 5.74) is 2.47. The van der Waals surface area contributed by atoms with E-state index in [9.17, 15) is 4.79 Å². The number of aromatic nitrogens is 5. The van der Waals surface area contributed by atoms with E-state index in [4.69, 9.17) is 5.11 Å². The van der Waals surface area contributed by atoms with E-state index in [1.807, 2.05) is 16.7 Å². The van der Waals surface area contributed by atoms with Gasteiger partial charge in [-0.3, -0.25) is 4.40 Å². The van der Waals surface area contributed by atoms with Crippen molar-refractivity contribution in [1.82, 2.24) is 29.9 Å². The Hall–Kier alpha value is -2.64. The molecule has 0 unspecified atom stereocenters. The lowest BCUT2D eigenvalue weighted by molar-refractivity contribution is 0.189. The Labute approximate surface area is 131 Å². The van der Waals surface area contributed by atoms with Crippen molar-refractivity contribution in [1.29, 1.82) is 0 Å². The van der Waals surface area contributed by atoms with Crippen molar-refractivity contribution in [2.24, 2.45) is 5.92 Å². The first-order chi connectivity index (χ1) is 11.2. The minimum absolute atomic E-state index is 0.0293. The second-order valence-electron chi connectivity index (χ2n) is 6.11. The van der Waals surface area contributed by atoms with Crippen molar-refractivity contribution in [2.75, 3.05) is 0 Å². The Morgan fingerprint density at radius 2 is 2.35 bits per heavy atom. The molecule has 0 aliphatic heterocycles. The molecule has 1 aliphatic carbocycles. The van der Waals surface area contributed by atoms with Crippen molar-refractivity contribution >= 4 is 22.9 Å². The van der Waals surface area contributed by atoms with Crippen molar-refractivity contribution in [3.8, 4) is 0 Å². The third kappa shape index (κ3) is 2.21. The third-order valence-corrected chi connectivity index (χ3v) is 4.85. The average Bonchev–Trinajstić information content (AvgIpc) is 3.22. The minimum atomic E-state index is -0.964. The van der Waals surface area contributed by atoms with Crippen molar-refractivity contribution < 1.29 is 9.90 Å². The molecule has 3 aromatic rings. The molecule has 3 N–H and O–H groups in total. The van der Waals surface area contributed by atoms with E-state index in [1.165, 1.54) is 0 Å². The summed E-state index contributed by atoms with van der Waals surface area (Å²) in [6.45, 7) is 2.14. The van der Waals surface area contributed by atoms with Crippen molar-refractivity contribution in [2.45, 2.75) is 38.1 Å². The number of amides is 1. The molecule has 3 aromatic heterocycles. The van der Waals surface area contributed by atoms with Gasteiger partial charge >= 0.3 is 6.09 Å². The normalized spacial score (nSPS) is 24.5. The van der Waals surface area contributed by atoms with Crippen LogP contribution in [0.3, 0.4) is 0 Å². The number of H-pyrrole nitrogens is 1. The number of nitrogens with one attached hydrogen (secondary N) is 2. The molecule has 4 rings (SSSR count). The molecular formula is C15H18N6O2.